The highest BCUT2D eigenvalue weighted by Gasteiger charge is 2.09. The van der Waals surface area contributed by atoms with Crippen LogP contribution in [0.4, 0.5) is 0 Å². The molecule has 5 nitrogen and oxygen atoms in total. The third kappa shape index (κ3) is 1.64. The van der Waals surface area contributed by atoms with Crippen LogP contribution in [0.3, 0.4) is 0 Å². The summed E-state index contributed by atoms with van der Waals surface area (Å²) in [6.07, 6.45) is 3.61. The van der Waals surface area contributed by atoms with Gasteiger partial charge in [-0.05, 0) is 0 Å². The molecule has 0 spiro atoms. The van der Waals surface area contributed by atoms with Gasteiger partial charge < -0.3 is 0 Å². The summed E-state index contributed by atoms with van der Waals surface area (Å²) in [7, 11) is -3.34. The van der Waals surface area contributed by atoms with Crippen LogP contribution in [-0.4, -0.2) is 28.3 Å². The summed E-state index contributed by atoms with van der Waals surface area (Å²) in [6.45, 7) is 3.32. The second-order valence-corrected chi connectivity index (χ2v) is 3.71. The molecule has 0 radical (unpaired) electrons. The summed E-state index contributed by atoms with van der Waals surface area (Å²) >= 11 is 0. The van der Waals surface area contributed by atoms with Crippen LogP contribution in [0.2, 0.25) is 0 Å². The number of nitrogens with zero attached hydrogens (tertiary/aromatic N) is 3. The SMILES string of the molecule is C=CCS(=O)(=O)n1cncn1. The Labute approximate surface area is 64.4 Å². The molecule has 0 saturated heterocycles. The van der Waals surface area contributed by atoms with Crippen LogP contribution < -0.4 is 0 Å². The zero-order valence-electron chi connectivity index (χ0n) is 5.71. The van der Waals surface area contributed by atoms with Gasteiger partial charge in [-0.1, -0.05) is 6.08 Å². The smallest absolute Gasteiger partial charge is 0.222 e. The maximum Gasteiger partial charge on any atom is 0.258 e. The second-order valence-electron chi connectivity index (χ2n) is 1.84. The van der Waals surface area contributed by atoms with Crippen molar-refractivity contribution in [1.82, 2.24) is 14.2 Å². The van der Waals surface area contributed by atoms with Gasteiger partial charge in [-0.3, -0.25) is 0 Å². The summed E-state index contributed by atoms with van der Waals surface area (Å²) in [5.74, 6) is -0.129. The molecule has 0 bridgehead atoms. The molecule has 1 heterocycles. The van der Waals surface area contributed by atoms with Crippen LogP contribution in [0.15, 0.2) is 25.3 Å². The lowest BCUT2D eigenvalue weighted by Crippen LogP contribution is -2.15. The Kier molecular flexibility index (Phi) is 2.04. The van der Waals surface area contributed by atoms with Crippen molar-refractivity contribution in [2.24, 2.45) is 0 Å². The summed E-state index contributed by atoms with van der Waals surface area (Å²) in [5, 5.41) is 3.48. The lowest BCUT2D eigenvalue weighted by atomic mass is 10.8. The van der Waals surface area contributed by atoms with E-state index >= 15 is 0 Å². The van der Waals surface area contributed by atoms with E-state index in [1.807, 2.05) is 0 Å². The first kappa shape index (κ1) is 7.93. The van der Waals surface area contributed by atoms with E-state index in [4.69, 9.17) is 0 Å². The molecule has 0 atom stereocenters. The van der Waals surface area contributed by atoms with E-state index in [1.165, 1.54) is 12.4 Å². The minimum Gasteiger partial charge on any atom is -0.222 e. The molecule has 0 aliphatic carbocycles. The molecular weight excluding hydrogens is 166 g/mol. The van der Waals surface area contributed by atoms with Gasteiger partial charge in [-0.2, -0.15) is 0 Å². The normalized spacial score (nSPS) is 11.3. The van der Waals surface area contributed by atoms with E-state index in [1.54, 1.807) is 0 Å². The fourth-order valence-electron chi connectivity index (χ4n) is 0.566. The van der Waals surface area contributed by atoms with Crippen molar-refractivity contribution in [3.8, 4) is 0 Å². The van der Waals surface area contributed by atoms with Gasteiger partial charge >= 0.3 is 0 Å². The first-order valence-corrected chi connectivity index (χ1v) is 4.46. The molecule has 0 aliphatic heterocycles. The van der Waals surface area contributed by atoms with Crippen molar-refractivity contribution in [3.63, 3.8) is 0 Å². The molecule has 0 N–H and O–H groups in total. The molecule has 60 valence electrons. The van der Waals surface area contributed by atoms with Gasteiger partial charge in [0.2, 0.25) is 0 Å². The molecule has 11 heavy (non-hydrogen) atoms. The summed E-state index contributed by atoms with van der Waals surface area (Å²) in [4.78, 5) is 3.51. The topological polar surface area (TPSA) is 64.8 Å². The number of aromatic nitrogens is 3. The molecule has 0 aliphatic rings. The Bertz CT molecular complexity index is 327. The summed E-state index contributed by atoms with van der Waals surface area (Å²) < 4.78 is 23.0. The second kappa shape index (κ2) is 2.83. The van der Waals surface area contributed by atoms with Crippen molar-refractivity contribution in [1.29, 1.82) is 0 Å². The first-order chi connectivity index (χ1) is 5.17. The van der Waals surface area contributed by atoms with E-state index in [0.717, 1.165) is 10.4 Å². The van der Waals surface area contributed by atoms with Crippen molar-refractivity contribution < 1.29 is 8.42 Å². The minimum atomic E-state index is -3.34. The predicted molar refractivity (Wildman–Crippen MR) is 39.4 cm³/mol. The minimum absolute atomic E-state index is 0.129. The van der Waals surface area contributed by atoms with Crippen LogP contribution in [-0.2, 0) is 10.0 Å². The summed E-state index contributed by atoms with van der Waals surface area (Å²) in [5.41, 5.74) is 0. The van der Waals surface area contributed by atoms with Crippen LogP contribution >= 0.6 is 0 Å². The highest BCUT2D eigenvalue weighted by Crippen LogP contribution is 1.92. The molecule has 0 unspecified atom stereocenters. The fraction of sp³-hybridized carbons (Fsp3) is 0.200. The number of rotatable bonds is 3. The quantitative estimate of drug-likeness (QED) is 0.585. The summed E-state index contributed by atoms with van der Waals surface area (Å²) in [6, 6.07) is 0. The molecule has 0 saturated carbocycles. The van der Waals surface area contributed by atoms with Crippen LogP contribution in [0, 0.1) is 0 Å². The Balaban J connectivity index is 3.01. The Morgan fingerprint density at radius 3 is 2.82 bits per heavy atom. The monoisotopic (exact) mass is 173 g/mol. The zero-order valence-corrected chi connectivity index (χ0v) is 6.53. The standard InChI is InChI=1S/C5H7N3O2S/c1-2-3-11(9,10)8-5-6-4-7-8/h2,4-5H,1,3H2. The van der Waals surface area contributed by atoms with Gasteiger partial charge in [0.1, 0.15) is 12.7 Å². The van der Waals surface area contributed by atoms with Crippen LogP contribution in [0.5, 0.6) is 0 Å². The fourth-order valence-corrected chi connectivity index (χ4v) is 1.40. The lowest BCUT2D eigenvalue weighted by molar-refractivity contribution is 0.583. The van der Waals surface area contributed by atoms with Gasteiger partial charge in [0.15, 0.2) is 0 Å². The van der Waals surface area contributed by atoms with Crippen molar-refractivity contribution in [3.05, 3.63) is 25.3 Å². The predicted octanol–water partition coefficient (Wildman–Crippen LogP) is -0.358. The van der Waals surface area contributed by atoms with Gasteiger partial charge in [-0.15, -0.1) is 15.8 Å². The molecule has 1 rings (SSSR count). The molecule has 0 amide bonds. The maximum absolute atomic E-state index is 11.1. The van der Waals surface area contributed by atoms with Crippen molar-refractivity contribution in [2.75, 3.05) is 5.75 Å². The first-order valence-electron chi connectivity index (χ1n) is 2.85. The molecule has 6 heteroatoms. The third-order valence-corrected chi connectivity index (χ3v) is 2.43. The van der Waals surface area contributed by atoms with E-state index in [9.17, 15) is 8.42 Å². The van der Waals surface area contributed by atoms with E-state index in [0.29, 0.717) is 0 Å². The molecular formula is C5H7N3O2S. The van der Waals surface area contributed by atoms with Crippen molar-refractivity contribution >= 4 is 10.0 Å². The van der Waals surface area contributed by atoms with E-state index < -0.39 is 10.0 Å². The van der Waals surface area contributed by atoms with Gasteiger partial charge in [0.25, 0.3) is 10.0 Å². The van der Waals surface area contributed by atoms with Gasteiger partial charge in [0.05, 0.1) is 5.75 Å². The average molecular weight is 173 g/mol. The van der Waals surface area contributed by atoms with Gasteiger partial charge in [0, 0.05) is 0 Å². The van der Waals surface area contributed by atoms with Crippen LogP contribution in [0.25, 0.3) is 0 Å². The molecule has 1 aromatic heterocycles. The van der Waals surface area contributed by atoms with E-state index in [2.05, 4.69) is 16.7 Å². The Hall–Kier alpha value is -1.17. The average Bonchev–Trinajstić information content (AvgIpc) is 2.37. The highest BCUT2D eigenvalue weighted by atomic mass is 32.2. The molecule has 0 fully saturated rings. The highest BCUT2D eigenvalue weighted by molar-refractivity contribution is 7.89. The Morgan fingerprint density at radius 2 is 2.36 bits per heavy atom. The number of hydrogen-bond donors (Lipinski definition) is 0. The number of hydrogen-bond acceptors (Lipinski definition) is 4. The zero-order chi connectivity index (χ0) is 8.32. The molecule has 1 aromatic rings. The third-order valence-electron chi connectivity index (χ3n) is 1.01. The Morgan fingerprint density at radius 1 is 1.64 bits per heavy atom. The van der Waals surface area contributed by atoms with Crippen LogP contribution in [0.1, 0.15) is 0 Å². The molecule has 0 aromatic carbocycles. The lowest BCUT2D eigenvalue weighted by Gasteiger charge is -1.96. The van der Waals surface area contributed by atoms with Crippen molar-refractivity contribution in [2.45, 2.75) is 0 Å². The maximum atomic E-state index is 11.1. The largest absolute Gasteiger partial charge is 0.258 e. The van der Waals surface area contributed by atoms with E-state index in [-0.39, 0.29) is 5.75 Å². The van der Waals surface area contributed by atoms with Gasteiger partial charge in [-0.25, -0.2) is 13.4 Å².